The summed E-state index contributed by atoms with van der Waals surface area (Å²) in [5.74, 6) is 1.35. The van der Waals surface area contributed by atoms with Crippen LogP contribution in [-0.4, -0.2) is 23.1 Å². The zero-order valence-electron chi connectivity index (χ0n) is 10.3. The molecule has 0 atom stereocenters. The minimum absolute atomic E-state index is 0.499. The fourth-order valence-corrected chi connectivity index (χ4v) is 1.48. The quantitative estimate of drug-likeness (QED) is 0.840. The first-order chi connectivity index (χ1) is 8.78. The Labute approximate surface area is 106 Å². The fourth-order valence-electron chi connectivity index (χ4n) is 1.48. The molecule has 5 nitrogen and oxygen atoms in total. The van der Waals surface area contributed by atoms with Gasteiger partial charge in [0.15, 0.2) is 0 Å². The molecule has 2 rings (SSSR count). The van der Waals surface area contributed by atoms with Gasteiger partial charge in [0.05, 0.1) is 0 Å². The molecule has 0 radical (unpaired) electrons. The maximum atomic E-state index is 5.45. The number of rotatable bonds is 5. The van der Waals surface area contributed by atoms with E-state index in [1.807, 2.05) is 37.3 Å². The van der Waals surface area contributed by atoms with Crippen LogP contribution in [0.4, 0.5) is 11.6 Å². The SMILES string of the molecule is Cc1ccnc(Nc2cccc(OCCN)c2)n1. The molecule has 18 heavy (non-hydrogen) atoms. The predicted molar refractivity (Wildman–Crippen MR) is 71.0 cm³/mol. The Kier molecular flexibility index (Phi) is 4.09. The molecule has 94 valence electrons. The molecule has 0 saturated carbocycles. The number of nitrogens with two attached hydrogens (primary N) is 1. The summed E-state index contributed by atoms with van der Waals surface area (Å²) >= 11 is 0. The molecule has 0 aliphatic heterocycles. The summed E-state index contributed by atoms with van der Waals surface area (Å²) < 4.78 is 5.45. The molecule has 3 N–H and O–H groups in total. The van der Waals surface area contributed by atoms with Crippen LogP contribution >= 0.6 is 0 Å². The van der Waals surface area contributed by atoms with Crippen LogP contribution in [0.3, 0.4) is 0 Å². The molecule has 1 aromatic carbocycles. The highest BCUT2D eigenvalue weighted by Crippen LogP contribution is 2.19. The van der Waals surface area contributed by atoms with Crippen LogP contribution < -0.4 is 15.8 Å². The van der Waals surface area contributed by atoms with Gasteiger partial charge < -0.3 is 15.8 Å². The number of hydrogen-bond donors (Lipinski definition) is 2. The highest BCUT2D eigenvalue weighted by molar-refractivity contribution is 5.55. The Morgan fingerprint density at radius 2 is 2.22 bits per heavy atom. The number of anilines is 2. The molecule has 0 saturated heterocycles. The highest BCUT2D eigenvalue weighted by Gasteiger charge is 1.99. The smallest absolute Gasteiger partial charge is 0.227 e. The molecule has 0 aliphatic carbocycles. The third kappa shape index (κ3) is 3.43. The maximum absolute atomic E-state index is 5.45. The van der Waals surface area contributed by atoms with Crippen molar-refractivity contribution in [1.29, 1.82) is 0 Å². The van der Waals surface area contributed by atoms with Gasteiger partial charge in [-0.25, -0.2) is 9.97 Å². The largest absolute Gasteiger partial charge is 0.492 e. The Balaban J connectivity index is 2.09. The number of nitrogens with one attached hydrogen (secondary N) is 1. The normalized spacial score (nSPS) is 10.1. The van der Waals surface area contributed by atoms with E-state index in [9.17, 15) is 0 Å². The van der Waals surface area contributed by atoms with Crippen molar-refractivity contribution in [1.82, 2.24) is 9.97 Å². The van der Waals surface area contributed by atoms with Gasteiger partial charge in [0.25, 0.3) is 0 Å². The van der Waals surface area contributed by atoms with Gasteiger partial charge in [0.2, 0.25) is 5.95 Å². The van der Waals surface area contributed by atoms with E-state index in [0.29, 0.717) is 19.1 Å². The molecule has 5 heteroatoms. The van der Waals surface area contributed by atoms with E-state index in [4.69, 9.17) is 10.5 Å². The average Bonchev–Trinajstić information content (AvgIpc) is 2.37. The molecule has 0 spiro atoms. The lowest BCUT2D eigenvalue weighted by atomic mass is 10.3. The Morgan fingerprint density at radius 3 is 3.00 bits per heavy atom. The number of ether oxygens (including phenoxy) is 1. The topological polar surface area (TPSA) is 73.1 Å². The Morgan fingerprint density at radius 1 is 1.33 bits per heavy atom. The van der Waals surface area contributed by atoms with Crippen LogP contribution in [0, 0.1) is 6.92 Å². The van der Waals surface area contributed by atoms with Crippen LogP contribution in [-0.2, 0) is 0 Å². The third-order valence-corrected chi connectivity index (χ3v) is 2.27. The lowest BCUT2D eigenvalue weighted by molar-refractivity contribution is 0.328. The van der Waals surface area contributed by atoms with E-state index in [1.54, 1.807) is 6.20 Å². The molecular formula is C13H16N4O. The third-order valence-electron chi connectivity index (χ3n) is 2.27. The van der Waals surface area contributed by atoms with E-state index in [1.165, 1.54) is 0 Å². The monoisotopic (exact) mass is 244 g/mol. The first-order valence-corrected chi connectivity index (χ1v) is 5.77. The van der Waals surface area contributed by atoms with E-state index >= 15 is 0 Å². The van der Waals surface area contributed by atoms with E-state index in [0.717, 1.165) is 17.1 Å². The van der Waals surface area contributed by atoms with Gasteiger partial charge in [0, 0.05) is 30.2 Å². The van der Waals surface area contributed by atoms with Crippen molar-refractivity contribution in [2.45, 2.75) is 6.92 Å². The molecule has 1 aromatic heterocycles. The van der Waals surface area contributed by atoms with Crippen LogP contribution in [0.1, 0.15) is 5.69 Å². The molecular weight excluding hydrogens is 228 g/mol. The molecule has 1 heterocycles. The second-order valence-corrected chi connectivity index (χ2v) is 3.81. The summed E-state index contributed by atoms with van der Waals surface area (Å²) in [6.07, 6.45) is 1.72. The van der Waals surface area contributed by atoms with Gasteiger partial charge in [-0.3, -0.25) is 0 Å². The van der Waals surface area contributed by atoms with Gasteiger partial charge in [-0.1, -0.05) is 6.07 Å². The van der Waals surface area contributed by atoms with E-state index in [2.05, 4.69) is 15.3 Å². The number of aromatic nitrogens is 2. The van der Waals surface area contributed by atoms with Crippen molar-refractivity contribution >= 4 is 11.6 Å². The second-order valence-electron chi connectivity index (χ2n) is 3.81. The summed E-state index contributed by atoms with van der Waals surface area (Å²) in [6, 6.07) is 9.47. The number of hydrogen-bond acceptors (Lipinski definition) is 5. The first-order valence-electron chi connectivity index (χ1n) is 5.77. The second kappa shape index (κ2) is 5.97. The van der Waals surface area contributed by atoms with E-state index in [-0.39, 0.29) is 0 Å². The van der Waals surface area contributed by atoms with Crippen molar-refractivity contribution in [3.05, 3.63) is 42.2 Å². The lowest BCUT2D eigenvalue weighted by Crippen LogP contribution is -2.10. The standard InChI is InChI=1S/C13H16N4O/c1-10-5-7-15-13(16-10)17-11-3-2-4-12(9-11)18-8-6-14/h2-5,7,9H,6,8,14H2,1H3,(H,15,16,17). The molecule has 0 aliphatic rings. The minimum atomic E-state index is 0.499. The van der Waals surface area contributed by atoms with Crippen molar-refractivity contribution in [3.8, 4) is 5.75 Å². The average molecular weight is 244 g/mol. The predicted octanol–water partition coefficient (Wildman–Crippen LogP) is 1.87. The van der Waals surface area contributed by atoms with Gasteiger partial charge in [-0.2, -0.15) is 0 Å². The zero-order chi connectivity index (χ0) is 12.8. The fraction of sp³-hybridized carbons (Fsp3) is 0.231. The zero-order valence-corrected chi connectivity index (χ0v) is 10.3. The number of nitrogens with zero attached hydrogens (tertiary/aromatic N) is 2. The minimum Gasteiger partial charge on any atom is -0.492 e. The van der Waals surface area contributed by atoms with Gasteiger partial charge >= 0.3 is 0 Å². The van der Waals surface area contributed by atoms with Crippen molar-refractivity contribution < 1.29 is 4.74 Å². The summed E-state index contributed by atoms with van der Waals surface area (Å²) in [5, 5.41) is 3.13. The van der Waals surface area contributed by atoms with Crippen molar-refractivity contribution in [2.75, 3.05) is 18.5 Å². The van der Waals surface area contributed by atoms with Gasteiger partial charge in [0.1, 0.15) is 12.4 Å². The van der Waals surface area contributed by atoms with Crippen LogP contribution in [0.25, 0.3) is 0 Å². The van der Waals surface area contributed by atoms with Crippen molar-refractivity contribution in [3.63, 3.8) is 0 Å². The van der Waals surface area contributed by atoms with E-state index < -0.39 is 0 Å². The Bertz CT molecular complexity index is 516. The lowest BCUT2D eigenvalue weighted by Gasteiger charge is -2.08. The van der Waals surface area contributed by atoms with Gasteiger partial charge in [-0.05, 0) is 25.1 Å². The summed E-state index contributed by atoms with van der Waals surface area (Å²) in [4.78, 5) is 8.42. The van der Waals surface area contributed by atoms with Crippen molar-refractivity contribution in [2.24, 2.45) is 5.73 Å². The Hall–Kier alpha value is -2.14. The summed E-state index contributed by atoms with van der Waals surface area (Å²) in [7, 11) is 0. The number of aryl methyl sites for hydroxylation is 1. The molecule has 0 unspecified atom stereocenters. The highest BCUT2D eigenvalue weighted by atomic mass is 16.5. The maximum Gasteiger partial charge on any atom is 0.227 e. The first kappa shape index (κ1) is 12.3. The summed E-state index contributed by atoms with van der Waals surface area (Å²) in [5.41, 5.74) is 7.20. The van der Waals surface area contributed by atoms with Crippen LogP contribution in [0.2, 0.25) is 0 Å². The molecule has 2 aromatic rings. The number of benzene rings is 1. The molecule has 0 bridgehead atoms. The molecule has 0 fully saturated rings. The summed E-state index contributed by atoms with van der Waals surface area (Å²) in [6.45, 7) is 2.93. The van der Waals surface area contributed by atoms with Crippen LogP contribution in [0.5, 0.6) is 5.75 Å². The molecule has 0 amide bonds. The van der Waals surface area contributed by atoms with Gasteiger partial charge in [-0.15, -0.1) is 0 Å². The van der Waals surface area contributed by atoms with Crippen LogP contribution in [0.15, 0.2) is 36.5 Å².